The van der Waals surface area contributed by atoms with Gasteiger partial charge < -0.3 is 9.88 Å². The van der Waals surface area contributed by atoms with Gasteiger partial charge in [0.25, 0.3) is 5.91 Å². The average molecular weight is 255 g/mol. The van der Waals surface area contributed by atoms with Gasteiger partial charge in [-0.2, -0.15) is 5.10 Å². The molecule has 1 amide bonds. The SMILES string of the molecule is Cn1ccnc1CNC(=O)c1cccc2[nH]ncc12. The van der Waals surface area contributed by atoms with Gasteiger partial charge in [0, 0.05) is 24.8 Å². The van der Waals surface area contributed by atoms with Crippen molar-refractivity contribution in [3.63, 3.8) is 0 Å². The molecule has 2 heterocycles. The Hall–Kier alpha value is -2.63. The molecule has 3 rings (SSSR count). The predicted molar refractivity (Wildman–Crippen MR) is 70.5 cm³/mol. The molecule has 6 heteroatoms. The third kappa shape index (κ3) is 2.08. The Labute approximate surface area is 109 Å². The number of imidazole rings is 1. The molecule has 0 spiro atoms. The molecule has 0 bridgehead atoms. The second-order valence-corrected chi connectivity index (χ2v) is 4.27. The summed E-state index contributed by atoms with van der Waals surface area (Å²) >= 11 is 0. The summed E-state index contributed by atoms with van der Waals surface area (Å²) in [6, 6.07) is 5.50. The van der Waals surface area contributed by atoms with Crippen molar-refractivity contribution in [1.29, 1.82) is 0 Å². The fraction of sp³-hybridized carbons (Fsp3) is 0.154. The van der Waals surface area contributed by atoms with Gasteiger partial charge in [0.2, 0.25) is 0 Å². The molecule has 6 nitrogen and oxygen atoms in total. The van der Waals surface area contributed by atoms with Crippen LogP contribution >= 0.6 is 0 Å². The molecule has 2 aromatic heterocycles. The molecule has 0 atom stereocenters. The molecule has 0 aliphatic heterocycles. The van der Waals surface area contributed by atoms with Gasteiger partial charge in [-0.1, -0.05) is 6.07 Å². The number of carbonyl (C=O) groups excluding carboxylic acids is 1. The van der Waals surface area contributed by atoms with Crippen LogP contribution in [0, 0.1) is 0 Å². The van der Waals surface area contributed by atoms with Crippen LogP contribution in [0.5, 0.6) is 0 Å². The van der Waals surface area contributed by atoms with Gasteiger partial charge in [-0.25, -0.2) is 4.98 Å². The second-order valence-electron chi connectivity index (χ2n) is 4.27. The molecule has 0 unspecified atom stereocenters. The van der Waals surface area contributed by atoms with Crippen molar-refractivity contribution in [2.24, 2.45) is 7.05 Å². The lowest BCUT2D eigenvalue weighted by Gasteiger charge is -2.06. The van der Waals surface area contributed by atoms with E-state index in [4.69, 9.17) is 0 Å². The minimum absolute atomic E-state index is 0.130. The minimum Gasteiger partial charge on any atom is -0.345 e. The van der Waals surface area contributed by atoms with E-state index >= 15 is 0 Å². The number of hydrogen-bond acceptors (Lipinski definition) is 3. The zero-order chi connectivity index (χ0) is 13.2. The van der Waals surface area contributed by atoms with E-state index < -0.39 is 0 Å². The lowest BCUT2D eigenvalue weighted by atomic mass is 10.1. The van der Waals surface area contributed by atoms with E-state index in [1.54, 1.807) is 18.5 Å². The van der Waals surface area contributed by atoms with Crippen LogP contribution < -0.4 is 5.32 Å². The van der Waals surface area contributed by atoms with Crippen LogP contribution in [0.4, 0.5) is 0 Å². The highest BCUT2D eigenvalue weighted by Crippen LogP contribution is 2.15. The quantitative estimate of drug-likeness (QED) is 0.739. The zero-order valence-electron chi connectivity index (χ0n) is 10.4. The normalized spacial score (nSPS) is 10.8. The highest BCUT2D eigenvalue weighted by Gasteiger charge is 2.11. The lowest BCUT2D eigenvalue weighted by molar-refractivity contribution is 0.0951. The van der Waals surface area contributed by atoms with Crippen molar-refractivity contribution < 1.29 is 4.79 Å². The van der Waals surface area contributed by atoms with Gasteiger partial charge in [0.15, 0.2) is 0 Å². The van der Waals surface area contributed by atoms with Crippen LogP contribution in [-0.2, 0) is 13.6 Å². The van der Waals surface area contributed by atoms with Crippen LogP contribution in [0.15, 0.2) is 36.8 Å². The summed E-state index contributed by atoms with van der Waals surface area (Å²) in [5.41, 5.74) is 1.46. The third-order valence-corrected chi connectivity index (χ3v) is 3.06. The summed E-state index contributed by atoms with van der Waals surface area (Å²) in [7, 11) is 1.89. The van der Waals surface area contributed by atoms with E-state index in [1.165, 1.54) is 0 Å². The van der Waals surface area contributed by atoms with E-state index in [9.17, 15) is 4.79 Å². The molecule has 3 aromatic rings. The highest BCUT2D eigenvalue weighted by atomic mass is 16.1. The molecule has 2 N–H and O–H groups in total. The van der Waals surface area contributed by atoms with Crippen LogP contribution in [0.3, 0.4) is 0 Å². The van der Waals surface area contributed by atoms with Gasteiger partial charge >= 0.3 is 0 Å². The average Bonchev–Trinajstić information content (AvgIpc) is 3.04. The molecular weight excluding hydrogens is 242 g/mol. The number of aromatic amines is 1. The Bertz CT molecular complexity index is 727. The summed E-state index contributed by atoms with van der Waals surface area (Å²) in [5, 5.41) is 10.5. The Kier molecular flexibility index (Phi) is 2.75. The van der Waals surface area contributed by atoms with Crippen molar-refractivity contribution >= 4 is 16.8 Å². The number of aryl methyl sites for hydroxylation is 1. The summed E-state index contributed by atoms with van der Waals surface area (Å²) in [4.78, 5) is 16.3. The summed E-state index contributed by atoms with van der Waals surface area (Å²) in [6.07, 6.45) is 5.21. The number of rotatable bonds is 3. The van der Waals surface area contributed by atoms with Crippen molar-refractivity contribution in [3.8, 4) is 0 Å². The number of aromatic nitrogens is 4. The maximum Gasteiger partial charge on any atom is 0.252 e. The Morgan fingerprint density at radius 3 is 3.16 bits per heavy atom. The molecule has 0 aliphatic carbocycles. The molecule has 0 saturated carbocycles. The first kappa shape index (κ1) is 11.5. The standard InChI is InChI=1S/C13H13N5O/c1-18-6-5-14-12(18)8-15-13(19)9-3-2-4-11-10(9)7-16-17-11/h2-7H,8H2,1H3,(H,15,19)(H,16,17). The first-order chi connectivity index (χ1) is 9.25. The van der Waals surface area contributed by atoms with Crippen LogP contribution in [-0.4, -0.2) is 25.7 Å². The van der Waals surface area contributed by atoms with Gasteiger partial charge in [-0.3, -0.25) is 9.89 Å². The number of nitrogens with one attached hydrogen (secondary N) is 2. The molecule has 0 saturated heterocycles. The monoisotopic (exact) mass is 255 g/mol. The van der Waals surface area contributed by atoms with Crippen LogP contribution in [0.1, 0.15) is 16.2 Å². The van der Waals surface area contributed by atoms with E-state index in [0.29, 0.717) is 12.1 Å². The Balaban J connectivity index is 1.81. The van der Waals surface area contributed by atoms with Crippen molar-refractivity contribution in [3.05, 3.63) is 48.2 Å². The molecule has 1 aromatic carbocycles. The number of hydrogen-bond donors (Lipinski definition) is 2. The maximum atomic E-state index is 12.2. The van der Waals surface area contributed by atoms with Crippen molar-refractivity contribution in [2.45, 2.75) is 6.54 Å². The smallest absolute Gasteiger partial charge is 0.252 e. The van der Waals surface area contributed by atoms with Crippen molar-refractivity contribution in [1.82, 2.24) is 25.1 Å². The third-order valence-electron chi connectivity index (χ3n) is 3.06. The fourth-order valence-electron chi connectivity index (χ4n) is 1.99. The molecule has 0 fully saturated rings. The van der Waals surface area contributed by atoms with Gasteiger partial charge in [-0.15, -0.1) is 0 Å². The fourth-order valence-corrected chi connectivity index (χ4v) is 1.99. The number of benzene rings is 1. The summed E-state index contributed by atoms with van der Waals surface area (Å²) in [6.45, 7) is 0.399. The first-order valence-electron chi connectivity index (χ1n) is 5.92. The summed E-state index contributed by atoms with van der Waals surface area (Å²) < 4.78 is 1.87. The number of fused-ring (bicyclic) bond motifs is 1. The topological polar surface area (TPSA) is 75.6 Å². The van der Waals surface area contributed by atoms with Crippen LogP contribution in [0.2, 0.25) is 0 Å². The van der Waals surface area contributed by atoms with E-state index in [2.05, 4.69) is 20.5 Å². The maximum absolute atomic E-state index is 12.2. The number of H-pyrrole nitrogens is 1. The van der Waals surface area contributed by atoms with E-state index in [-0.39, 0.29) is 5.91 Å². The van der Waals surface area contributed by atoms with Gasteiger partial charge in [-0.05, 0) is 12.1 Å². The molecule has 0 radical (unpaired) electrons. The minimum atomic E-state index is -0.130. The van der Waals surface area contributed by atoms with Gasteiger partial charge in [0.1, 0.15) is 5.82 Å². The zero-order valence-corrected chi connectivity index (χ0v) is 10.4. The Morgan fingerprint density at radius 1 is 1.47 bits per heavy atom. The lowest BCUT2D eigenvalue weighted by Crippen LogP contribution is -2.24. The highest BCUT2D eigenvalue weighted by molar-refractivity contribution is 6.05. The molecule has 96 valence electrons. The first-order valence-corrected chi connectivity index (χ1v) is 5.92. The number of nitrogens with zero attached hydrogens (tertiary/aromatic N) is 3. The Morgan fingerprint density at radius 2 is 2.37 bits per heavy atom. The second kappa shape index (κ2) is 4.56. The largest absolute Gasteiger partial charge is 0.345 e. The van der Waals surface area contributed by atoms with E-state index in [0.717, 1.165) is 16.7 Å². The molecular formula is C13H13N5O. The van der Waals surface area contributed by atoms with Crippen molar-refractivity contribution in [2.75, 3.05) is 0 Å². The number of carbonyl (C=O) groups is 1. The van der Waals surface area contributed by atoms with E-state index in [1.807, 2.05) is 29.9 Å². The van der Waals surface area contributed by atoms with Crippen LogP contribution in [0.25, 0.3) is 10.9 Å². The molecule has 0 aliphatic rings. The summed E-state index contributed by atoms with van der Waals surface area (Å²) in [5.74, 6) is 0.683. The predicted octanol–water partition coefficient (Wildman–Crippen LogP) is 1.23. The number of amides is 1. The molecule has 19 heavy (non-hydrogen) atoms. The van der Waals surface area contributed by atoms with Gasteiger partial charge in [0.05, 0.1) is 23.8 Å².